The van der Waals surface area contributed by atoms with Gasteiger partial charge in [-0.25, -0.2) is 15.0 Å². The summed E-state index contributed by atoms with van der Waals surface area (Å²) in [5.74, 6) is 2.35. The topological polar surface area (TPSA) is 105 Å². The van der Waals surface area contributed by atoms with Crippen molar-refractivity contribution in [1.29, 1.82) is 0 Å². The number of anilines is 3. The lowest BCUT2D eigenvalue weighted by Gasteiger charge is -2.28. The van der Waals surface area contributed by atoms with Crippen LogP contribution in [0.1, 0.15) is 0 Å². The monoisotopic (exact) mass is 430 g/mol. The highest BCUT2D eigenvalue weighted by molar-refractivity contribution is 7.23. The van der Waals surface area contributed by atoms with E-state index < -0.39 is 0 Å². The first-order chi connectivity index (χ1) is 15.3. The van der Waals surface area contributed by atoms with Gasteiger partial charge < -0.3 is 15.0 Å². The molecule has 10 heteroatoms. The van der Waals surface area contributed by atoms with Gasteiger partial charge in [-0.05, 0) is 18.2 Å². The third-order valence-electron chi connectivity index (χ3n) is 5.19. The molecule has 0 amide bonds. The number of hydrogen-bond donors (Lipinski definition) is 2. The molecule has 5 aromatic heterocycles. The summed E-state index contributed by atoms with van der Waals surface area (Å²) in [4.78, 5) is 20.9. The van der Waals surface area contributed by atoms with Crippen molar-refractivity contribution in [2.24, 2.45) is 0 Å². The maximum atomic E-state index is 5.55. The Hall–Kier alpha value is -3.63. The normalized spacial score (nSPS) is 14.4. The van der Waals surface area contributed by atoms with E-state index in [1.807, 2.05) is 24.3 Å². The first kappa shape index (κ1) is 18.2. The van der Waals surface area contributed by atoms with Crippen LogP contribution in [-0.4, -0.2) is 56.4 Å². The van der Waals surface area contributed by atoms with E-state index in [1.165, 1.54) is 0 Å². The number of H-pyrrole nitrogens is 1. The molecular weight excluding hydrogens is 412 g/mol. The highest BCUT2D eigenvalue weighted by Crippen LogP contribution is 2.38. The lowest BCUT2D eigenvalue weighted by atomic mass is 10.2. The van der Waals surface area contributed by atoms with Crippen LogP contribution in [-0.2, 0) is 4.74 Å². The van der Waals surface area contributed by atoms with Gasteiger partial charge in [0.1, 0.15) is 5.82 Å². The van der Waals surface area contributed by atoms with E-state index in [1.54, 1.807) is 36.1 Å². The lowest BCUT2D eigenvalue weighted by molar-refractivity contribution is 0.122. The van der Waals surface area contributed by atoms with Crippen molar-refractivity contribution >= 4 is 49.1 Å². The van der Waals surface area contributed by atoms with Crippen molar-refractivity contribution in [1.82, 2.24) is 30.1 Å². The number of nitrogens with zero attached hydrogens (tertiary/aromatic N) is 6. The zero-order valence-electron chi connectivity index (χ0n) is 16.4. The second-order valence-corrected chi connectivity index (χ2v) is 8.21. The standard InChI is InChI=1S/C21H18N8OS/c1-2-4-23-17(3-1)26-18-9-15-19(31-18)21(29-5-7-30-8-6-29)27-20(25-15)14-10-22-12-16-13(14)11-24-28-16/h1-4,9-12H,5-8H2,(H,23,26)(H,24,28). The van der Waals surface area contributed by atoms with Crippen molar-refractivity contribution in [3.63, 3.8) is 0 Å². The maximum absolute atomic E-state index is 5.55. The van der Waals surface area contributed by atoms with E-state index in [2.05, 4.69) is 30.4 Å². The van der Waals surface area contributed by atoms with E-state index in [-0.39, 0.29) is 0 Å². The minimum atomic E-state index is 0.635. The van der Waals surface area contributed by atoms with Gasteiger partial charge in [0.05, 0.1) is 46.3 Å². The molecule has 0 aliphatic carbocycles. The Morgan fingerprint density at radius 1 is 1.10 bits per heavy atom. The number of pyridine rings is 2. The van der Waals surface area contributed by atoms with Crippen LogP contribution in [0, 0.1) is 0 Å². The van der Waals surface area contributed by atoms with Gasteiger partial charge in [0.15, 0.2) is 11.6 Å². The van der Waals surface area contributed by atoms with Crippen LogP contribution >= 0.6 is 11.3 Å². The zero-order chi connectivity index (χ0) is 20.6. The van der Waals surface area contributed by atoms with Gasteiger partial charge in [0, 0.05) is 36.4 Å². The minimum Gasteiger partial charge on any atom is -0.378 e. The fraction of sp³-hybridized carbons (Fsp3) is 0.190. The van der Waals surface area contributed by atoms with Crippen LogP contribution in [0.2, 0.25) is 0 Å². The highest BCUT2D eigenvalue weighted by Gasteiger charge is 2.21. The van der Waals surface area contributed by atoms with Crippen LogP contribution in [0.3, 0.4) is 0 Å². The number of ether oxygens (including phenoxy) is 1. The van der Waals surface area contributed by atoms with Crippen molar-refractivity contribution in [2.75, 3.05) is 36.5 Å². The zero-order valence-corrected chi connectivity index (χ0v) is 17.3. The molecule has 6 heterocycles. The van der Waals surface area contributed by atoms with Gasteiger partial charge in [0.25, 0.3) is 0 Å². The Labute approximate surface area is 181 Å². The Morgan fingerprint density at radius 2 is 2.03 bits per heavy atom. The Kier molecular flexibility index (Phi) is 4.43. The second-order valence-electron chi connectivity index (χ2n) is 7.15. The van der Waals surface area contributed by atoms with Crippen molar-refractivity contribution in [3.8, 4) is 11.4 Å². The number of fused-ring (bicyclic) bond motifs is 2. The molecule has 0 atom stereocenters. The van der Waals surface area contributed by atoms with Crippen LogP contribution in [0.5, 0.6) is 0 Å². The SMILES string of the molecule is c1ccc(Nc2cc3nc(-c4cncc5[nH]ncc45)nc(N4CCOCC4)c3s2)nc1. The van der Waals surface area contributed by atoms with Crippen LogP contribution in [0.4, 0.5) is 16.6 Å². The number of thiophene rings is 1. The average Bonchev–Trinajstić information content (AvgIpc) is 3.46. The maximum Gasteiger partial charge on any atom is 0.164 e. The molecule has 2 N–H and O–H groups in total. The summed E-state index contributed by atoms with van der Waals surface area (Å²) < 4.78 is 6.59. The number of nitrogens with one attached hydrogen (secondary N) is 2. The summed E-state index contributed by atoms with van der Waals surface area (Å²) >= 11 is 1.63. The molecule has 1 aliphatic rings. The summed E-state index contributed by atoms with van der Waals surface area (Å²) in [6, 6.07) is 7.84. The summed E-state index contributed by atoms with van der Waals surface area (Å²) in [6.07, 6.45) is 7.11. The van der Waals surface area contributed by atoms with Crippen molar-refractivity contribution in [2.45, 2.75) is 0 Å². The molecule has 0 saturated carbocycles. The number of aromatic nitrogens is 6. The summed E-state index contributed by atoms with van der Waals surface area (Å²) in [5.41, 5.74) is 2.60. The predicted molar refractivity (Wildman–Crippen MR) is 121 cm³/mol. The van der Waals surface area contributed by atoms with E-state index >= 15 is 0 Å². The van der Waals surface area contributed by atoms with Gasteiger partial charge in [-0.1, -0.05) is 6.07 Å². The first-order valence-corrected chi connectivity index (χ1v) is 10.8. The van der Waals surface area contributed by atoms with Crippen LogP contribution < -0.4 is 10.2 Å². The fourth-order valence-electron chi connectivity index (χ4n) is 3.69. The molecule has 31 heavy (non-hydrogen) atoms. The van der Waals surface area contributed by atoms with E-state index in [0.717, 1.165) is 56.4 Å². The quantitative estimate of drug-likeness (QED) is 0.446. The second kappa shape index (κ2) is 7.56. The molecule has 5 aromatic rings. The van der Waals surface area contributed by atoms with Gasteiger partial charge in [-0.15, -0.1) is 11.3 Å². The third-order valence-corrected chi connectivity index (χ3v) is 6.22. The molecule has 154 valence electrons. The summed E-state index contributed by atoms with van der Waals surface area (Å²) in [5, 5.41) is 12.4. The highest BCUT2D eigenvalue weighted by atomic mass is 32.1. The molecule has 6 rings (SSSR count). The molecule has 1 aliphatic heterocycles. The predicted octanol–water partition coefficient (Wildman–Crippen LogP) is 3.60. The molecule has 0 bridgehead atoms. The number of hydrogen-bond acceptors (Lipinski definition) is 9. The smallest absolute Gasteiger partial charge is 0.164 e. The van der Waals surface area contributed by atoms with Crippen molar-refractivity contribution < 1.29 is 4.74 Å². The average molecular weight is 430 g/mol. The molecule has 0 spiro atoms. The van der Waals surface area contributed by atoms with Gasteiger partial charge in [-0.2, -0.15) is 5.10 Å². The van der Waals surface area contributed by atoms with Gasteiger partial charge >= 0.3 is 0 Å². The van der Waals surface area contributed by atoms with Crippen molar-refractivity contribution in [3.05, 3.63) is 49.1 Å². The first-order valence-electron chi connectivity index (χ1n) is 9.95. The fourth-order valence-corrected chi connectivity index (χ4v) is 4.71. The van der Waals surface area contributed by atoms with Crippen LogP contribution in [0.25, 0.3) is 32.5 Å². The molecule has 0 radical (unpaired) electrons. The van der Waals surface area contributed by atoms with Gasteiger partial charge in [-0.3, -0.25) is 10.1 Å². The number of rotatable bonds is 4. The Bertz CT molecular complexity index is 1360. The van der Waals surface area contributed by atoms with E-state index in [0.29, 0.717) is 19.0 Å². The number of aromatic amines is 1. The molecule has 0 aromatic carbocycles. The summed E-state index contributed by atoms with van der Waals surface area (Å²) in [6.45, 7) is 2.95. The van der Waals surface area contributed by atoms with E-state index in [9.17, 15) is 0 Å². The molecule has 9 nitrogen and oxygen atoms in total. The Balaban J connectivity index is 1.51. The molecule has 1 fully saturated rings. The molecular formula is C21H18N8OS. The largest absolute Gasteiger partial charge is 0.378 e. The molecule has 0 unspecified atom stereocenters. The lowest BCUT2D eigenvalue weighted by Crippen LogP contribution is -2.36. The van der Waals surface area contributed by atoms with Crippen LogP contribution in [0.15, 0.2) is 49.1 Å². The molecule has 1 saturated heterocycles. The minimum absolute atomic E-state index is 0.635. The van der Waals surface area contributed by atoms with E-state index in [4.69, 9.17) is 14.7 Å². The number of morpholine rings is 1. The summed E-state index contributed by atoms with van der Waals surface area (Å²) in [7, 11) is 0. The van der Waals surface area contributed by atoms with Gasteiger partial charge in [0.2, 0.25) is 0 Å². The third kappa shape index (κ3) is 3.35. The Morgan fingerprint density at radius 3 is 2.90 bits per heavy atom.